The van der Waals surface area contributed by atoms with E-state index < -0.39 is 11.7 Å². The Morgan fingerprint density at radius 2 is 1.76 bits per heavy atom. The molecule has 11 heteroatoms. The molecule has 7 nitrogen and oxygen atoms in total. The number of amides is 1. The van der Waals surface area contributed by atoms with Crippen molar-refractivity contribution in [2.75, 3.05) is 18.0 Å². The van der Waals surface area contributed by atoms with Gasteiger partial charge in [0, 0.05) is 44.1 Å². The molecule has 2 aromatic heterocycles. The molecule has 4 heterocycles. The number of anilines is 1. The largest absolute Gasteiger partial charge is 0.418 e. The van der Waals surface area contributed by atoms with Gasteiger partial charge >= 0.3 is 6.18 Å². The van der Waals surface area contributed by atoms with Crippen LogP contribution in [0.15, 0.2) is 47.7 Å². The summed E-state index contributed by atoms with van der Waals surface area (Å²) in [6.07, 6.45) is 1.58. The quantitative estimate of drug-likeness (QED) is 0.481. The number of carbonyl (C=O) groups is 1. The van der Waals surface area contributed by atoms with E-state index in [-0.39, 0.29) is 47.8 Å². The number of benzene rings is 1. The van der Waals surface area contributed by atoms with Crippen LogP contribution in [0.1, 0.15) is 53.5 Å². The van der Waals surface area contributed by atoms with E-state index in [1.54, 1.807) is 45.1 Å². The van der Waals surface area contributed by atoms with Crippen molar-refractivity contribution in [3.05, 3.63) is 75.7 Å². The van der Waals surface area contributed by atoms with E-state index in [1.807, 2.05) is 13.8 Å². The summed E-state index contributed by atoms with van der Waals surface area (Å²) in [4.78, 5) is 34.2. The van der Waals surface area contributed by atoms with Gasteiger partial charge in [-0.2, -0.15) is 13.2 Å². The molecule has 2 aliphatic heterocycles. The molecule has 0 N–H and O–H groups in total. The van der Waals surface area contributed by atoms with Crippen molar-refractivity contribution in [1.82, 2.24) is 19.0 Å². The van der Waals surface area contributed by atoms with Gasteiger partial charge in [-0.1, -0.05) is 6.07 Å². The van der Waals surface area contributed by atoms with Crippen molar-refractivity contribution in [2.24, 2.45) is 0 Å². The maximum atomic E-state index is 13.7. The maximum absolute atomic E-state index is 13.7. The number of hydrogen-bond donors (Lipinski definition) is 0. The highest BCUT2D eigenvalue weighted by atomic mass is 35.5. The lowest BCUT2D eigenvalue weighted by Crippen LogP contribution is -2.49. The van der Waals surface area contributed by atoms with E-state index in [0.717, 1.165) is 31.0 Å². The average Bonchev–Trinajstić information content (AvgIpc) is 3.28. The van der Waals surface area contributed by atoms with Crippen LogP contribution in [0.2, 0.25) is 0 Å². The van der Waals surface area contributed by atoms with Gasteiger partial charge in [-0.25, -0.2) is 4.98 Å². The molecule has 1 aromatic carbocycles. The number of piperidine rings is 1. The van der Waals surface area contributed by atoms with E-state index in [0.29, 0.717) is 30.9 Å². The van der Waals surface area contributed by atoms with Gasteiger partial charge in [0.15, 0.2) is 0 Å². The maximum Gasteiger partial charge on any atom is 0.418 e. The molecule has 0 radical (unpaired) electrons. The zero-order valence-electron chi connectivity index (χ0n) is 20.7. The monoisotopic (exact) mass is 535 g/mol. The Balaban J connectivity index is 0.00000320. The van der Waals surface area contributed by atoms with Crippen molar-refractivity contribution in [1.29, 1.82) is 0 Å². The highest BCUT2D eigenvalue weighted by Gasteiger charge is 2.36. The molecule has 2 aliphatic rings. The Morgan fingerprint density at radius 3 is 2.41 bits per heavy atom. The molecule has 37 heavy (non-hydrogen) atoms. The average molecular weight is 536 g/mol. The zero-order chi connectivity index (χ0) is 25.6. The highest BCUT2D eigenvalue weighted by molar-refractivity contribution is 5.93. The number of fused-ring (bicyclic) bond motifs is 1. The number of alkyl halides is 3. The molecule has 3 aromatic rings. The van der Waals surface area contributed by atoms with E-state index >= 15 is 0 Å². The Morgan fingerprint density at radius 1 is 1.03 bits per heavy atom. The van der Waals surface area contributed by atoms with Crippen LogP contribution >= 0.6 is 12.4 Å². The standard InChI is InChI=1S/C26H28F3N5O2.ClH/c1-17-13-32(16-30-17)21-8-9-22-25(36)33(18(2)14-34(22)24(21)35)15-19-6-7-20(26(27,28)29)23(12-19)31-10-4-3-5-11-31;/h6-9,12-13,16,18H,3-5,10-11,14-15H2,1-2H3;1H/t18-;/m1./s1. The smallest absolute Gasteiger partial charge is 0.371 e. The Labute approximate surface area is 218 Å². The summed E-state index contributed by atoms with van der Waals surface area (Å²) in [7, 11) is 0. The molecule has 1 fully saturated rings. The van der Waals surface area contributed by atoms with Crippen molar-refractivity contribution in [3.8, 4) is 5.69 Å². The number of pyridine rings is 1. The molecule has 1 saturated heterocycles. The Bertz CT molecular complexity index is 1360. The summed E-state index contributed by atoms with van der Waals surface area (Å²) >= 11 is 0. The first kappa shape index (κ1) is 26.8. The minimum Gasteiger partial charge on any atom is -0.371 e. The lowest BCUT2D eigenvalue weighted by molar-refractivity contribution is -0.137. The third-order valence-corrected chi connectivity index (χ3v) is 7.02. The van der Waals surface area contributed by atoms with E-state index in [1.165, 1.54) is 10.6 Å². The fourth-order valence-corrected chi connectivity index (χ4v) is 5.13. The Kier molecular flexibility index (Phi) is 7.41. The molecule has 0 aliphatic carbocycles. The van der Waals surface area contributed by atoms with Crippen LogP contribution in [0.25, 0.3) is 5.69 Å². The molecule has 0 spiro atoms. The predicted octanol–water partition coefficient (Wildman–Crippen LogP) is 4.82. The van der Waals surface area contributed by atoms with Crippen molar-refractivity contribution in [3.63, 3.8) is 0 Å². The van der Waals surface area contributed by atoms with Crippen LogP contribution in [-0.4, -0.2) is 44.1 Å². The van der Waals surface area contributed by atoms with E-state index in [9.17, 15) is 22.8 Å². The highest BCUT2D eigenvalue weighted by Crippen LogP contribution is 2.38. The fourth-order valence-electron chi connectivity index (χ4n) is 5.13. The number of aryl methyl sites for hydroxylation is 1. The van der Waals surface area contributed by atoms with Gasteiger partial charge in [-0.05, 0) is 62.9 Å². The number of halogens is 4. The topological polar surface area (TPSA) is 63.4 Å². The van der Waals surface area contributed by atoms with Gasteiger partial charge in [0.2, 0.25) is 0 Å². The second-order valence-corrected chi connectivity index (χ2v) is 9.62. The second-order valence-electron chi connectivity index (χ2n) is 9.62. The first-order valence-electron chi connectivity index (χ1n) is 12.1. The lowest BCUT2D eigenvalue weighted by Gasteiger charge is -2.36. The minimum atomic E-state index is -4.45. The van der Waals surface area contributed by atoms with Crippen LogP contribution < -0.4 is 10.5 Å². The molecule has 1 amide bonds. The zero-order valence-corrected chi connectivity index (χ0v) is 21.5. The number of rotatable bonds is 4. The van der Waals surface area contributed by atoms with Crippen molar-refractivity contribution >= 4 is 24.0 Å². The van der Waals surface area contributed by atoms with E-state index in [2.05, 4.69) is 4.98 Å². The van der Waals surface area contributed by atoms with Gasteiger partial charge in [-0.15, -0.1) is 12.4 Å². The summed E-state index contributed by atoms with van der Waals surface area (Å²) in [5.41, 5.74) is 1.31. The number of nitrogens with zero attached hydrogens (tertiary/aromatic N) is 5. The number of imidazole rings is 1. The molecule has 5 rings (SSSR count). The van der Waals surface area contributed by atoms with Crippen molar-refractivity contribution in [2.45, 2.75) is 58.4 Å². The summed E-state index contributed by atoms with van der Waals surface area (Å²) in [6.45, 7) is 5.29. The Hall–Kier alpha value is -3.27. The summed E-state index contributed by atoms with van der Waals surface area (Å²) in [5.74, 6) is -0.321. The summed E-state index contributed by atoms with van der Waals surface area (Å²) < 4.78 is 44.4. The normalized spacial score (nSPS) is 18.0. The summed E-state index contributed by atoms with van der Waals surface area (Å²) in [5, 5.41) is 0. The molecule has 0 unspecified atom stereocenters. The van der Waals surface area contributed by atoms with Crippen LogP contribution in [0.3, 0.4) is 0 Å². The van der Waals surface area contributed by atoms with Gasteiger partial charge in [-0.3, -0.25) is 9.59 Å². The SMILES string of the molecule is Cc1cn(-c2ccc3n(c2=O)C[C@@H](C)N(Cc2ccc(C(F)(F)F)c(N4CCCCC4)c2)C3=O)cn1.Cl. The molecular formula is C26H29ClF3N5O2. The lowest BCUT2D eigenvalue weighted by atomic mass is 10.0. The number of carbonyl (C=O) groups excluding carboxylic acids is 1. The van der Waals surface area contributed by atoms with Crippen LogP contribution in [-0.2, 0) is 19.3 Å². The van der Waals surface area contributed by atoms with Gasteiger partial charge in [0.1, 0.15) is 11.4 Å². The van der Waals surface area contributed by atoms with Gasteiger partial charge in [0.05, 0.1) is 17.6 Å². The van der Waals surface area contributed by atoms with Crippen LogP contribution in [0.5, 0.6) is 0 Å². The molecule has 198 valence electrons. The molecule has 0 saturated carbocycles. The molecular weight excluding hydrogens is 507 g/mol. The van der Waals surface area contributed by atoms with Crippen LogP contribution in [0, 0.1) is 6.92 Å². The third-order valence-electron chi connectivity index (χ3n) is 7.02. The minimum absolute atomic E-state index is 0. The van der Waals surface area contributed by atoms with Crippen LogP contribution in [0.4, 0.5) is 18.9 Å². The first-order valence-corrected chi connectivity index (χ1v) is 12.1. The number of hydrogen-bond acceptors (Lipinski definition) is 4. The fraction of sp³-hybridized carbons (Fsp3) is 0.423. The molecule has 0 bridgehead atoms. The third kappa shape index (κ3) is 5.12. The first-order chi connectivity index (χ1) is 17.1. The van der Waals surface area contributed by atoms with Gasteiger partial charge < -0.3 is 18.9 Å². The molecule has 1 atom stereocenters. The van der Waals surface area contributed by atoms with Gasteiger partial charge in [0.25, 0.3) is 11.5 Å². The van der Waals surface area contributed by atoms with Crippen molar-refractivity contribution < 1.29 is 18.0 Å². The number of aromatic nitrogens is 3. The summed E-state index contributed by atoms with van der Waals surface area (Å²) in [6, 6.07) is 7.05. The predicted molar refractivity (Wildman–Crippen MR) is 137 cm³/mol. The van der Waals surface area contributed by atoms with E-state index in [4.69, 9.17) is 0 Å². The second kappa shape index (κ2) is 10.2.